The zero-order chi connectivity index (χ0) is 13.5. The van der Waals surface area contributed by atoms with Gasteiger partial charge in [0.2, 0.25) is 0 Å². The Labute approximate surface area is 106 Å². The van der Waals surface area contributed by atoms with Gasteiger partial charge in [0.05, 0.1) is 7.11 Å². The predicted molar refractivity (Wildman–Crippen MR) is 67.9 cm³/mol. The predicted octanol–water partition coefficient (Wildman–Crippen LogP) is 2.37. The fraction of sp³-hybridized carbons (Fsp3) is 0.357. The van der Waals surface area contributed by atoms with E-state index in [-0.39, 0.29) is 17.4 Å². The van der Waals surface area contributed by atoms with Crippen molar-refractivity contribution in [1.29, 1.82) is 0 Å². The topological polar surface area (TPSA) is 38.3 Å². The Kier molecular flexibility index (Phi) is 5.19. The van der Waals surface area contributed by atoms with E-state index in [4.69, 9.17) is 11.2 Å². The molecule has 3 nitrogen and oxygen atoms in total. The van der Waals surface area contributed by atoms with Gasteiger partial charge < -0.3 is 10.1 Å². The van der Waals surface area contributed by atoms with Crippen molar-refractivity contribution in [3.8, 4) is 18.1 Å². The number of carbonyl (C=O) groups is 1. The van der Waals surface area contributed by atoms with Gasteiger partial charge >= 0.3 is 0 Å². The molecule has 1 aromatic rings. The Morgan fingerprint density at radius 1 is 1.61 bits per heavy atom. The first-order chi connectivity index (χ1) is 8.63. The zero-order valence-electron chi connectivity index (χ0n) is 10.5. The summed E-state index contributed by atoms with van der Waals surface area (Å²) in [4.78, 5) is 12.0. The van der Waals surface area contributed by atoms with Crippen LogP contribution in [0.15, 0.2) is 18.2 Å². The highest BCUT2D eigenvalue weighted by Crippen LogP contribution is 2.21. The van der Waals surface area contributed by atoms with Crippen LogP contribution >= 0.6 is 0 Å². The molecule has 18 heavy (non-hydrogen) atoms. The summed E-state index contributed by atoms with van der Waals surface area (Å²) in [5, 5.41) is 2.70. The second-order valence-corrected chi connectivity index (χ2v) is 3.80. The number of ether oxygens (including phenoxy) is 1. The number of terminal acetylenes is 1. The van der Waals surface area contributed by atoms with Gasteiger partial charge in [-0.25, -0.2) is 4.39 Å². The van der Waals surface area contributed by atoms with Crippen LogP contribution in [0, 0.1) is 18.2 Å². The van der Waals surface area contributed by atoms with E-state index in [1.165, 1.54) is 19.2 Å². The third kappa shape index (κ3) is 3.24. The molecule has 1 rings (SSSR count). The van der Waals surface area contributed by atoms with Crippen molar-refractivity contribution >= 4 is 5.91 Å². The molecule has 0 fully saturated rings. The minimum atomic E-state index is -0.609. The molecule has 0 aromatic heterocycles. The Bertz CT molecular complexity index is 465. The van der Waals surface area contributed by atoms with Crippen molar-refractivity contribution in [2.24, 2.45) is 0 Å². The monoisotopic (exact) mass is 249 g/mol. The normalized spacial score (nSPS) is 11.4. The lowest BCUT2D eigenvalue weighted by Gasteiger charge is -2.16. The number of methoxy groups -OCH3 is 1. The molecule has 0 saturated carbocycles. The molecule has 0 spiro atoms. The van der Waals surface area contributed by atoms with Gasteiger partial charge in [-0.05, 0) is 18.6 Å². The summed E-state index contributed by atoms with van der Waals surface area (Å²) in [7, 11) is 1.39. The van der Waals surface area contributed by atoms with Crippen LogP contribution in [0.1, 0.15) is 30.1 Å². The first-order valence-corrected chi connectivity index (χ1v) is 5.70. The number of nitrogens with one attached hydrogen (secondary N) is 1. The van der Waals surface area contributed by atoms with E-state index in [2.05, 4.69) is 11.2 Å². The summed E-state index contributed by atoms with van der Waals surface area (Å²) in [5.74, 6) is 1.57. The summed E-state index contributed by atoms with van der Waals surface area (Å²) in [6.07, 6.45) is 6.31. The minimum Gasteiger partial charge on any atom is -0.496 e. The van der Waals surface area contributed by atoms with E-state index in [9.17, 15) is 9.18 Å². The molecule has 0 radical (unpaired) electrons. The van der Waals surface area contributed by atoms with Crippen LogP contribution in [0.2, 0.25) is 0 Å². The van der Waals surface area contributed by atoms with Gasteiger partial charge in [0, 0.05) is 12.5 Å². The maximum absolute atomic E-state index is 13.6. The lowest BCUT2D eigenvalue weighted by atomic mass is 10.1. The van der Waals surface area contributed by atoms with Crippen LogP contribution in [0.4, 0.5) is 4.39 Å². The van der Waals surface area contributed by atoms with Crippen molar-refractivity contribution in [2.75, 3.05) is 7.11 Å². The highest BCUT2D eigenvalue weighted by atomic mass is 19.1. The molecule has 1 atom stereocenters. The van der Waals surface area contributed by atoms with E-state index in [1.807, 2.05) is 6.92 Å². The lowest BCUT2D eigenvalue weighted by Crippen LogP contribution is -2.34. The molecule has 4 heteroatoms. The molecular weight excluding hydrogens is 233 g/mol. The standard InChI is InChI=1S/C14H16FNO2/c1-4-7-10(5-2)16-14(17)13-11(15)8-6-9-12(13)18-3/h1,6,8-10H,5,7H2,2-3H3,(H,16,17). The van der Waals surface area contributed by atoms with Gasteiger partial charge in [-0.2, -0.15) is 0 Å². The molecule has 0 aliphatic carbocycles. The van der Waals surface area contributed by atoms with E-state index in [1.54, 1.807) is 6.07 Å². The number of halogens is 1. The third-order valence-corrected chi connectivity index (χ3v) is 2.61. The van der Waals surface area contributed by atoms with Crippen molar-refractivity contribution < 1.29 is 13.9 Å². The Morgan fingerprint density at radius 2 is 2.33 bits per heavy atom. The molecule has 0 aliphatic heterocycles. The largest absolute Gasteiger partial charge is 0.496 e. The quantitative estimate of drug-likeness (QED) is 0.813. The molecule has 0 heterocycles. The first-order valence-electron chi connectivity index (χ1n) is 5.70. The maximum atomic E-state index is 13.6. The number of hydrogen-bond acceptors (Lipinski definition) is 2. The van der Waals surface area contributed by atoms with E-state index in [0.29, 0.717) is 12.8 Å². The molecule has 96 valence electrons. The van der Waals surface area contributed by atoms with E-state index < -0.39 is 11.7 Å². The SMILES string of the molecule is C#CCC(CC)NC(=O)c1c(F)cccc1OC. The fourth-order valence-electron chi connectivity index (χ4n) is 1.59. The smallest absolute Gasteiger partial charge is 0.258 e. The minimum absolute atomic E-state index is 0.0875. The molecule has 1 amide bonds. The number of rotatable bonds is 5. The second-order valence-electron chi connectivity index (χ2n) is 3.80. The van der Waals surface area contributed by atoms with Crippen LogP contribution in [-0.4, -0.2) is 19.1 Å². The molecule has 0 aliphatic rings. The van der Waals surface area contributed by atoms with Crippen molar-refractivity contribution in [3.05, 3.63) is 29.6 Å². The number of hydrogen-bond donors (Lipinski definition) is 1. The summed E-state index contributed by atoms with van der Waals surface area (Å²) >= 11 is 0. The number of amides is 1. The van der Waals surface area contributed by atoms with Crippen LogP contribution in [-0.2, 0) is 0 Å². The van der Waals surface area contributed by atoms with Gasteiger partial charge in [-0.1, -0.05) is 13.0 Å². The van der Waals surface area contributed by atoms with Crippen molar-refractivity contribution in [3.63, 3.8) is 0 Å². The Morgan fingerprint density at radius 3 is 2.89 bits per heavy atom. The van der Waals surface area contributed by atoms with Crippen LogP contribution < -0.4 is 10.1 Å². The molecule has 1 N–H and O–H groups in total. The highest BCUT2D eigenvalue weighted by Gasteiger charge is 2.19. The second kappa shape index (κ2) is 6.65. The maximum Gasteiger partial charge on any atom is 0.258 e. The summed E-state index contributed by atoms with van der Waals surface area (Å²) in [6.45, 7) is 1.90. The zero-order valence-corrected chi connectivity index (χ0v) is 10.5. The highest BCUT2D eigenvalue weighted by molar-refractivity contribution is 5.97. The third-order valence-electron chi connectivity index (χ3n) is 2.61. The molecular formula is C14H16FNO2. The summed E-state index contributed by atoms with van der Waals surface area (Å²) in [6, 6.07) is 4.09. The molecule has 0 saturated heterocycles. The fourth-order valence-corrected chi connectivity index (χ4v) is 1.59. The molecule has 0 bridgehead atoms. The van der Waals surface area contributed by atoms with Crippen molar-refractivity contribution in [2.45, 2.75) is 25.8 Å². The summed E-state index contributed by atoms with van der Waals surface area (Å²) < 4.78 is 18.6. The number of benzene rings is 1. The number of carbonyl (C=O) groups excluding carboxylic acids is 1. The first kappa shape index (κ1) is 14.0. The Hall–Kier alpha value is -2.02. The lowest BCUT2D eigenvalue weighted by molar-refractivity contribution is 0.0929. The molecule has 1 unspecified atom stereocenters. The van der Waals surface area contributed by atoms with Crippen LogP contribution in [0.5, 0.6) is 5.75 Å². The van der Waals surface area contributed by atoms with Gasteiger partial charge in [0.1, 0.15) is 17.1 Å². The van der Waals surface area contributed by atoms with Crippen molar-refractivity contribution in [1.82, 2.24) is 5.32 Å². The molecule has 1 aromatic carbocycles. The van der Waals surface area contributed by atoms with Gasteiger partial charge in [-0.3, -0.25) is 4.79 Å². The van der Waals surface area contributed by atoms with Crippen LogP contribution in [0.25, 0.3) is 0 Å². The van der Waals surface area contributed by atoms with E-state index in [0.717, 1.165) is 0 Å². The van der Waals surface area contributed by atoms with Gasteiger partial charge in [0.15, 0.2) is 0 Å². The van der Waals surface area contributed by atoms with Crippen LogP contribution in [0.3, 0.4) is 0 Å². The van der Waals surface area contributed by atoms with E-state index >= 15 is 0 Å². The Balaban J connectivity index is 2.94. The summed E-state index contributed by atoms with van der Waals surface area (Å²) in [5.41, 5.74) is -0.0875. The average molecular weight is 249 g/mol. The van der Waals surface area contributed by atoms with Gasteiger partial charge in [-0.15, -0.1) is 12.3 Å². The average Bonchev–Trinajstić information content (AvgIpc) is 2.37. The van der Waals surface area contributed by atoms with Gasteiger partial charge in [0.25, 0.3) is 5.91 Å².